The van der Waals surface area contributed by atoms with Crippen LogP contribution in [0.3, 0.4) is 0 Å². The second kappa shape index (κ2) is 7.40. The molecule has 3 rings (SSSR count). The van der Waals surface area contributed by atoms with Crippen LogP contribution in [0.1, 0.15) is 0 Å². The molecule has 0 spiro atoms. The van der Waals surface area contributed by atoms with Gasteiger partial charge >= 0.3 is 5.97 Å². The number of hydrogen-bond acceptors (Lipinski definition) is 8. The molecule has 2 aromatic carbocycles. The van der Waals surface area contributed by atoms with Gasteiger partial charge in [0, 0.05) is 23.8 Å². The SMILES string of the molecule is C=CC(=O)O.O=c1c(O)c(-c2ccc(O)c(O)c2)oc2cc(O)cc(O)c12. The van der Waals surface area contributed by atoms with Crippen LogP contribution < -0.4 is 5.43 Å². The fraction of sp³-hybridized carbons (Fsp3) is 0. The number of rotatable bonds is 2. The van der Waals surface area contributed by atoms with Gasteiger partial charge in [0.1, 0.15) is 22.5 Å². The molecule has 140 valence electrons. The van der Waals surface area contributed by atoms with Crippen molar-refractivity contribution in [2.75, 3.05) is 0 Å². The number of carboxylic acids is 1. The van der Waals surface area contributed by atoms with E-state index in [1.807, 2.05) is 0 Å². The Labute approximate surface area is 150 Å². The van der Waals surface area contributed by atoms with Gasteiger partial charge in [-0.25, -0.2) is 4.79 Å². The second-order valence-electron chi connectivity index (χ2n) is 5.19. The van der Waals surface area contributed by atoms with E-state index >= 15 is 0 Å². The summed E-state index contributed by atoms with van der Waals surface area (Å²) in [4.78, 5) is 21.4. The van der Waals surface area contributed by atoms with Crippen molar-refractivity contribution in [3.63, 3.8) is 0 Å². The predicted octanol–water partition coefficient (Wildman–Crippen LogP) is 2.25. The maximum absolute atomic E-state index is 12.1. The Morgan fingerprint density at radius 3 is 2.15 bits per heavy atom. The van der Waals surface area contributed by atoms with Crippen molar-refractivity contribution >= 4 is 16.9 Å². The Morgan fingerprint density at radius 2 is 1.59 bits per heavy atom. The predicted molar refractivity (Wildman–Crippen MR) is 94.1 cm³/mol. The lowest BCUT2D eigenvalue weighted by Gasteiger charge is -2.08. The van der Waals surface area contributed by atoms with E-state index < -0.39 is 28.6 Å². The van der Waals surface area contributed by atoms with Gasteiger partial charge in [-0.2, -0.15) is 0 Å². The van der Waals surface area contributed by atoms with Crippen LogP contribution in [-0.2, 0) is 4.79 Å². The van der Waals surface area contributed by atoms with Crippen LogP contribution in [-0.4, -0.2) is 36.6 Å². The third-order valence-corrected chi connectivity index (χ3v) is 3.35. The number of aromatic hydroxyl groups is 5. The highest BCUT2D eigenvalue weighted by Crippen LogP contribution is 2.37. The molecule has 0 fully saturated rings. The highest BCUT2D eigenvalue weighted by Gasteiger charge is 2.19. The molecule has 9 heteroatoms. The fourth-order valence-corrected chi connectivity index (χ4v) is 2.14. The Hall–Kier alpha value is -4.14. The third-order valence-electron chi connectivity index (χ3n) is 3.35. The minimum atomic E-state index is -0.981. The summed E-state index contributed by atoms with van der Waals surface area (Å²) in [6.07, 6.45) is 0.833. The molecule has 6 N–H and O–H groups in total. The average molecular weight is 374 g/mol. The number of carboxylic acid groups (broad SMARTS) is 1. The van der Waals surface area contributed by atoms with E-state index in [2.05, 4.69) is 6.58 Å². The Balaban J connectivity index is 0.000000465. The first-order valence-corrected chi connectivity index (χ1v) is 7.25. The number of carbonyl (C=O) groups is 1. The van der Waals surface area contributed by atoms with Crippen LogP contribution in [0.25, 0.3) is 22.3 Å². The molecule has 0 bridgehead atoms. The molecule has 0 amide bonds. The van der Waals surface area contributed by atoms with Crippen LogP contribution in [0, 0.1) is 0 Å². The van der Waals surface area contributed by atoms with Crippen LogP contribution in [0.4, 0.5) is 0 Å². The quantitative estimate of drug-likeness (QED) is 0.291. The van der Waals surface area contributed by atoms with Gasteiger partial charge in [-0.3, -0.25) is 4.79 Å². The van der Waals surface area contributed by atoms with Gasteiger partial charge in [-0.1, -0.05) is 6.58 Å². The molecule has 1 heterocycles. The maximum Gasteiger partial charge on any atom is 0.327 e. The zero-order valence-electron chi connectivity index (χ0n) is 13.6. The normalized spacial score (nSPS) is 10.1. The van der Waals surface area contributed by atoms with E-state index in [1.54, 1.807) is 0 Å². The highest BCUT2D eigenvalue weighted by atomic mass is 16.4. The Morgan fingerprint density at radius 1 is 0.963 bits per heavy atom. The average Bonchev–Trinajstić information content (AvgIpc) is 2.60. The maximum atomic E-state index is 12.1. The number of phenols is 4. The van der Waals surface area contributed by atoms with Crippen LogP contribution in [0.5, 0.6) is 28.7 Å². The van der Waals surface area contributed by atoms with E-state index in [0.717, 1.165) is 30.3 Å². The van der Waals surface area contributed by atoms with E-state index in [-0.39, 0.29) is 33.8 Å². The Bertz CT molecular complexity index is 1100. The van der Waals surface area contributed by atoms with Crippen molar-refractivity contribution in [1.29, 1.82) is 0 Å². The third kappa shape index (κ3) is 3.93. The van der Waals surface area contributed by atoms with Gasteiger partial charge in [0.2, 0.25) is 11.2 Å². The summed E-state index contributed by atoms with van der Waals surface area (Å²) in [6.45, 7) is 2.96. The fourth-order valence-electron chi connectivity index (χ4n) is 2.14. The Kier molecular flexibility index (Phi) is 5.26. The molecule has 0 saturated heterocycles. The van der Waals surface area contributed by atoms with Crippen molar-refractivity contribution in [1.82, 2.24) is 0 Å². The molecule has 0 aliphatic carbocycles. The van der Waals surface area contributed by atoms with Gasteiger partial charge in [0.15, 0.2) is 17.3 Å². The van der Waals surface area contributed by atoms with E-state index in [9.17, 15) is 35.1 Å². The lowest BCUT2D eigenvalue weighted by Crippen LogP contribution is -2.02. The summed E-state index contributed by atoms with van der Waals surface area (Å²) >= 11 is 0. The van der Waals surface area contributed by atoms with Crippen LogP contribution in [0.2, 0.25) is 0 Å². The topological polar surface area (TPSA) is 169 Å². The zero-order chi connectivity index (χ0) is 20.3. The number of aliphatic carboxylic acids is 1. The van der Waals surface area contributed by atoms with E-state index in [4.69, 9.17) is 9.52 Å². The van der Waals surface area contributed by atoms with E-state index in [1.165, 1.54) is 6.07 Å². The highest BCUT2D eigenvalue weighted by molar-refractivity contribution is 5.88. The van der Waals surface area contributed by atoms with Gasteiger partial charge in [-0.15, -0.1) is 0 Å². The summed E-state index contributed by atoms with van der Waals surface area (Å²) in [5, 5.41) is 55.2. The summed E-state index contributed by atoms with van der Waals surface area (Å²) < 4.78 is 5.35. The molecule has 9 nitrogen and oxygen atoms in total. The van der Waals surface area contributed by atoms with E-state index in [0.29, 0.717) is 0 Å². The molecule has 0 aliphatic heterocycles. The number of fused-ring (bicyclic) bond motifs is 1. The van der Waals surface area contributed by atoms with Crippen LogP contribution >= 0.6 is 0 Å². The molecular weight excluding hydrogens is 360 g/mol. The van der Waals surface area contributed by atoms with Gasteiger partial charge in [-0.05, 0) is 18.2 Å². The van der Waals surface area contributed by atoms with Crippen LogP contribution in [0.15, 0.2) is 52.2 Å². The van der Waals surface area contributed by atoms with Crippen molar-refractivity contribution in [2.45, 2.75) is 0 Å². The molecule has 0 radical (unpaired) electrons. The molecule has 0 unspecified atom stereocenters. The molecule has 3 aromatic rings. The minimum Gasteiger partial charge on any atom is -0.508 e. The monoisotopic (exact) mass is 374 g/mol. The largest absolute Gasteiger partial charge is 0.508 e. The van der Waals surface area contributed by atoms with Crippen molar-refractivity contribution in [3.8, 4) is 40.1 Å². The first-order chi connectivity index (χ1) is 12.6. The lowest BCUT2D eigenvalue weighted by atomic mass is 10.1. The summed E-state index contributed by atoms with van der Waals surface area (Å²) in [5.41, 5.74) is -0.890. The summed E-state index contributed by atoms with van der Waals surface area (Å²) in [5.74, 6) is -3.70. The molecule has 0 saturated carbocycles. The first kappa shape index (κ1) is 19.2. The number of phenolic OH excluding ortho intramolecular Hbond substituents is 4. The molecule has 1 aromatic heterocycles. The smallest absolute Gasteiger partial charge is 0.327 e. The molecular formula is C18H14O9. The van der Waals surface area contributed by atoms with Gasteiger partial charge in [0.05, 0.1) is 0 Å². The minimum absolute atomic E-state index is 0.134. The van der Waals surface area contributed by atoms with Crippen molar-refractivity contribution < 1.29 is 39.9 Å². The summed E-state index contributed by atoms with van der Waals surface area (Å²) in [6, 6.07) is 5.64. The molecule has 0 atom stereocenters. The number of benzene rings is 2. The van der Waals surface area contributed by atoms with Crippen molar-refractivity contribution in [2.24, 2.45) is 0 Å². The summed E-state index contributed by atoms with van der Waals surface area (Å²) in [7, 11) is 0. The van der Waals surface area contributed by atoms with Gasteiger partial charge in [0.25, 0.3) is 0 Å². The van der Waals surface area contributed by atoms with Gasteiger partial charge < -0.3 is 35.1 Å². The zero-order valence-corrected chi connectivity index (χ0v) is 13.6. The standard InChI is InChI=1S/C15H10O7.C3H4O2/c16-7-4-10(19)12-11(5-7)22-15(14(21)13(12)20)6-1-2-8(17)9(18)3-6;1-2-3(4)5/h1-5,16-19,21H;2H,1H2,(H,4,5). The molecule has 27 heavy (non-hydrogen) atoms. The second-order valence-corrected chi connectivity index (χ2v) is 5.19. The lowest BCUT2D eigenvalue weighted by molar-refractivity contribution is -0.131. The van der Waals surface area contributed by atoms with Crippen molar-refractivity contribution in [3.05, 3.63) is 53.2 Å². The number of hydrogen-bond donors (Lipinski definition) is 6. The first-order valence-electron chi connectivity index (χ1n) is 7.25. The molecule has 0 aliphatic rings.